The number of nitrogen functional groups attached to an aromatic ring is 6. The van der Waals surface area contributed by atoms with Crippen LogP contribution in [0.2, 0.25) is 0 Å². The molecule has 5 unspecified atom stereocenters. The van der Waals surface area contributed by atoms with Crippen LogP contribution >= 0.6 is 54.8 Å². The molecule has 0 spiro atoms. The van der Waals surface area contributed by atoms with E-state index < -0.39 is 248 Å². The minimum absolute atomic E-state index is 0.0193. The lowest BCUT2D eigenvalue weighted by molar-refractivity contribution is -0.0650. The van der Waals surface area contributed by atoms with Gasteiger partial charge in [-0.25, -0.2) is 101 Å². The zero-order chi connectivity index (χ0) is 91.1. The van der Waals surface area contributed by atoms with Crippen LogP contribution in [0.15, 0.2) is 84.7 Å². The number of aromatic nitrogens is 20. The number of aliphatic hydroxyl groups is 1. The van der Waals surface area contributed by atoms with E-state index in [-0.39, 0.29) is 86.0 Å². The molecule has 70 heteroatoms. The molecule has 128 heavy (non-hydrogen) atoms. The number of fused-ring (bicyclic) bond motifs is 4. The molecule has 0 aromatic carbocycles. The maximum atomic E-state index is 14.6. The van der Waals surface area contributed by atoms with Crippen LogP contribution in [0.5, 0.6) is 0 Å². The number of hydrogen-bond acceptors (Lipinski definition) is 48. The number of anilines is 6. The normalized spacial score (nSPS) is 29.5. The molecule has 63 nitrogen and oxygen atoms in total. The average Bonchev–Trinajstić information content (AvgIpc) is 1.63. The summed E-state index contributed by atoms with van der Waals surface area (Å²) in [5.41, 5.74) is 34.0. The third-order valence-electron chi connectivity index (χ3n) is 20.3. The van der Waals surface area contributed by atoms with Crippen molar-refractivity contribution in [1.82, 2.24) is 97.2 Å². The fourth-order valence-electron chi connectivity index (χ4n) is 14.6. The number of nitrogens with two attached hydrogens (primary N) is 6. The van der Waals surface area contributed by atoms with E-state index in [0.717, 1.165) is 48.3 Å². The first kappa shape index (κ1) is 92.5. The Morgan fingerprint density at radius 1 is 0.336 bits per heavy atom. The van der Waals surface area contributed by atoms with Gasteiger partial charge in [0.2, 0.25) is 0 Å². The molecule has 0 radical (unpaired) electrons. The van der Waals surface area contributed by atoms with Crippen LogP contribution in [0.3, 0.4) is 0 Å². The van der Waals surface area contributed by atoms with Gasteiger partial charge in [-0.1, -0.05) is 0 Å². The number of hydrogen-bond donors (Lipinski definition) is 16. The number of rotatable bonds is 36. The molecule has 6 aliphatic heterocycles. The minimum atomic E-state index is -5.70. The summed E-state index contributed by atoms with van der Waals surface area (Å²) in [6, 6.07) is 2.28. The lowest BCUT2D eigenvalue weighted by atomic mass is 10.1. The van der Waals surface area contributed by atoms with Crippen molar-refractivity contribution >= 4 is 134 Å². The Bertz CT molecular complexity index is 6290. The van der Waals surface area contributed by atoms with E-state index in [1.807, 2.05) is 0 Å². The minimum Gasteiger partial charge on any atom is -0.386 e. The Morgan fingerprint density at radius 2 is 0.609 bits per heavy atom. The highest BCUT2D eigenvalue weighted by molar-refractivity contribution is 7.48. The van der Waals surface area contributed by atoms with Gasteiger partial charge in [0.25, 0.3) is 0 Å². The molecule has 6 fully saturated rings. The summed E-state index contributed by atoms with van der Waals surface area (Å²) >= 11 is 0. The summed E-state index contributed by atoms with van der Waals surface area (Å²) in [5.74, 6) is -0.809. The van der Waals surface area contributed by atoms with E-state index in [1.54, 1.807) is 0 Å². The van der Waals surface area contributed by atoms with E-state index in [9.17, 15) is 90.7 Å². The van der Waals surface area contributed by atoms with Gasteiger partial charge in [-0.15, -0.1) is 0 Å². The van der Waals surface area contributed by atoms with Crippen LogP contribution in [0.4, 0.5) is 34.9 Å². The Balaban J connectivity index is 0.616. The van der Waals surface area contributed by atoms with E-state index in [4.69, 9.17) is 117 Å². The van der Waals surface area contributed by atoms with Gasteiger partial charge in [-0.05, 0) is 12.1 Å². The quantitative estimate of drug-likeness (QED) is 0.0192. The fraction of sp³-hybridized carbons (Fsp3) is 0.517. The molecule has 0 saturated carbocycles. The lowest BCUT2D eigenvalue weighted by Gasteiger charge is -2.26. The van der Waals surface area contributed by atoms with Gasteiger partial charge in [-0.3, -0.25) is 81.7 Å². The van der Waals surface area contributed by atoms with E-state index in [0.29, 0.717) is 4.57 Å². The number of aliphatic hydroxyl groups excluding tert-OH is 1. The first-order chi connectivity index (χ1) is 60.5. The first-order valence-corrected chi connectivity index (χ1v) is 47.7. The Kier molecular flexibility index (Phi) is 26.3. The Hall–Kier alpha value is -8.75. The molecule has 22 N–H and O–H groups in total. The molecule has 16 rings (SSSR count). The second kappa shape index (κ2) is 36.4. The number of imidazole rings is 4. The zero-order valence-electron chi connectivity index (χ0n) is 64.7. The summed E-state index contributed by atoms with van der Waals surface area (Å²) in [4.78, 5) is 179. The standard InChI is InChI=1S/C58H75N26O37P7/c59-35-1-3-79(57(86)77-35)37-5-24(116-123(91,92)93)30(110-37)11-108-128(102,103)121-47-34(115-56(46(47)85)80-4-2-36(60)78-58(80)87)15-109-127(100,101)120-28-9-41(84-23-76-45-51(64)68-19-72-55(45)84)114-33(28)14-107-126(98,99)119-27-8-40(83-22-75-44-50(63)67-18-71-54(44)83)113-32(27)13-106-125(96,97)118-26-7-39(82-21-74-43-49(62)66-17-70-53(43)82)112-31(26)12-105-124(94,95)117-25-6-38(111-29(25)10-104-122(88,89)90)81-20-73-42-48(61)65-16-69-52(42)81/h1-4,16-34,37-41,46-47,56,85H,5-15H2,(H,94,95)(H,96,97)(H,98,99)(H,100,101)(H,102,103)(H2,59,77,86)(H2,60,78,87)(H2,61,65,69)(H2,62,66,70)(H2,63,67,71)(H2,64,68,72)(H2,88,89,90)(H2,91,92,93)/t24-,25-,26-,27-,28-,29+,30+,31+,32+,33+,34+,37+,38+,39+,40+,41+,46+,47+,56+/m0/s1. The summed E-state index contributed by atoms with van der Waals surface area (Å²) < 4.78 is 204. The van der Waals surface area contributed by atoms with Crippen molar-refractivity contribution in [2.24, 2.45) is 0 Å². The van der Waals surface area contributed by atoms with Crippen LogP contribution in [0.25, 0.3) is 44.7 Å². The highest BCUT2D eigenvalue weighted by Crippen LogP contribution is 2.58. The molecule has 6 aliphatic rings. The monoisotopic (exact) mass is 1940 g/mol. The lowest BCUT2D eigenvalue weighted by Crippen LogP contribution is -2.38. The Morgan fingerprint density at radius 3 is 0.906 bits per heavy atom. The summed E-state index contributed by atoms with van der Waals surface area (Å²) in [6.45, 7) is -6.51. The number of phosphoric acid groups is 7. The van der Waals surface area contributed by atoms with Crippen LogP contribution < -0.4 is 45.8 Å². The molecule has 0 aliphatic carbocycles. The second-order valence-electron chi connectivity index (χ2n) is 28.7. The first-order valence-electron chi connectivity index (χ1n) is 37.2. The predicted octanol–water partition coefficient (Wildman–Crippen LogP) is -1.85. The second-order valence-corrected chi connectivity index (χ2v) is 38.1. The summed E-state index contributed by atoms with van der Waals surface area (Å²) in [6.07, 6.45) is -22.7. The highest BCUT2D eigenvalue weighted by Gasteiger charge is 2.54. The van der Waals surface area contributed by atoms with Crippen molar-refractivity contribution in [3.8, 4) is 0 Å². The van der Waals surface area contributed by atoms with Gasteiger partial charge in [-0.2, -0.15) is 9.97 Å². The number of phosphoric ester groups is 7. The van der Waals surface area contributed by atoms with Crippen molar-refractivity contribution in [1.29, 1.82) is 0 Å². The maximum Gasteiger partial charge on any atom is 0.472 e. The SMILES string of the molecule is Nc1ccn([C@@H]2O[C@H](COP(=O)(O)O[C@H]3C[C@H](n4cnc5c(N)ncnc54)O[C@@H]3COP(=O)(O)O[C@H]3C[C@H](n4cnc5c(N)ncnc54)O[C@@H]3COP(=O)(O)O[C@H]3C[C@H](n4cnc5c(N)ncnc54)O[C@@H]3COP(=O)(O)O[C@H]3C[C@H](n4cnc5c(N)ncnc54)O[C@@H]3COP(=O)(O)O)[C@@H](OP(=O)(O)OC[C@H]3O[C@@H](n4ccc(N)nc4=O)C[C@@H]3OP(=O)(O)O)[C@H]2O)c(=O)n1. The zero-order valence-corrected chi connectivity index (χ0v) is 71.0. The van der Waals surface area contributed by atoms with Gasteiger partial charge in [0.05, 0.1) is 65.0 Å². The van der Waals surface area contributed by atoms with Crippen LogP contribution in [0, 0.1) is 0 Å². The maximum absolute atomic E-state index is 14.6. The number of nitrogens with zero attached hydrogens (tertiary/aromatic N) is 20. The van der Waals surface area contributed by atoms with E-state index >= 15 is 0 Å². The molecule has 24 atom stereocenters. The van der Waals surface area contributed by atoms with Crippen molar-refractivity contribution in [2.45, 2.75) is 149 Å². The molecule has 16 heterocycles. The summed E-state index contributed by atoms with van der Waals surface area (Å²) in [5, 5.41) is 11.8. The fourth-order valence-corrected chi connectivity index (χ4v) is 20.4. The van der Waals surface area contributed by atoms with Crippen LogP contribution in [-0.4, -0.2) is 265 Å². The van der Waals surface area contributed by atoms with Gasteiger partial charge >= 0.3 is 66.1 Å². The third kappa shape index (κ3) is 20.9. The predicted molar refractivity (Wildman–Crippen MR) is 415 cm³/mol. The molecule has 694 valence electrons. The van der Waals surface area contributed by atoms with Gasteiger partial charge in [0.15, 0.2) is 52.1 Å². The van der Waals surface area contributed by atoms with Crippen LogP contribution in [0.1, 0.15) is 69.5 Å². The van der Waals surface area contributed by atoms with Crippen molar-refractivity contribution in [3.63, 3.8) is 0 Å². The van der Waals surface area contributed by atoms with Crippen molar-refractivity contribution in [3.05, 3.63) is 96.1 Å². The van der Waals surface area contributed by atoms with Crippen LogP contribution in [-0.2, 0) is 115 Å². The average molecular weight is 1950 g/mol. The summed E-state index contributed by atoms with van der Waals surface area (Å²) in [7, 11) is -38.6. The smallest absolute Gasteiger partial charge is 0.386 e. The molecule has 6 saturated heterocycles. The Labute approximate surface area is 711 Å². The molecule has 0 bridgehead atoms. The van der Waals surface area contributed by atoms with E-state index in [1.165, 1.54) is 49.6 Å². The van der Waals surface area contributed by atoms with Crippen molar-refractivity contribution < 1.29 is 164 Å². The number of ether oxygens (including phenoxy) is 6. The molecule has 10 aromatic rings. The van der Waals surface area contributed by atoms with Crippen molar-refractivity contribution in [2.75, 3.05) is 74.0 Å². The van der Waals surface area contributed by atoms with Gasteiger partial charge < -0.3 is 112 Å². The molecular formula is C58H75N26O37P7. The molecular weight excluding hydrogens is 1870 g/mol. The third-order valence-corrected chi connectivity index (χ3v) is 26.4. The highest BCUT2D eigenvalue weighted by atomic mass is 31.2. The topological polar surface area (TPSA) is 888 Å². The van der Waals surface area contributed by atoms with E-state index in [2.05, 4.69) is 69.8 Å². The molecule has 0 amide bonds. The molecule has 10 aromatic heterocycles. The van der Waals surface area contributed by atoms with Gasteiger partial charge in [0, 0.05) is 44.5 Å². The largest absolute Gasteiger partial charge is 0.472 e. The van der Waals surface area contributed by atoms with Gasteiger partial charge in [0.1, 0.15) is 170 Å².